The zero-order valence-electron chi connectivity index (χ0n) is 17.0. The molecule has 2 saturated heterocycles. The molecule has 0 spiro atoms. The molecule has 2 aliphatic heterocycles. The summed E-state index contributed by atoms with van der Waals surface area (Å²) >= 11 is 6.14. The summed E-state index contributed by atoms with van der Waals surface area (Å²) in [5.41, 5.74) is 1.20. The standard InChI is InChI=1S/C21H34ClN5O/c1-2-23-21(24-9-4-10-25-11-7-20(28)8-12-25)27-15-13-26(14-16-27)19-6-3-5-18(22)17-19/h3,5-6,17,20,28H,2,4,7-16H2,1H3,(H,23,24). The highest BCUT2D eigenvalue weighted by molar-refractivity contribution is 6.30. The molecule has 2 N–H and O–H groups in total. The van der Waals surface area contributed by atoms with Crippen molar-refractivity contribution in [2.24, 2.45) is 4.99 Å². The van der Waals surface area contributed by atoms with Crippen molar-refractivity contribution < 1.29 is 5.11 Å². The van der Waals surface area contributed by atoms with Crippen LogP contribution in [0.3, 0.4) is 0 Å². The van der Waals surface area contributed by atoms with Crippen LogP contribution in [-0.2, 0) is 0 Å². The maximum absolute atomic E-state index is 9.61. The van der Waals surface area contributed by atoms with E-state index in [1.165, 1.54) is 5.69 Å². The van der Waals surface area contributed by atoms with E-state index in [1.807, 2.05) is 18.2 Å². The summed E-state index contributed by atoms with van der Waals surface area (Å²) in [5.74, 6) is 1.03. The quantitative estimate of drug-likeness (QED) is 0.430. The van der Waals surface area contributed by atoms with Gasteiger partial charge in [0, 0.05) is 63.1 Å². The number of guanidine groups is 1. The molecule has 28 heavy (non-hydrogen) atoms. The van der Waals surface area contributed by atoms with Gasteiger partial charge < -0.3 is 25.1 Å². The molecule has 1 aromatic carbocycles. The van der Waals surface area contributed by atoms with E-state index in [-0.39, 0.29) is 6.10 Å². The minimum atomic E-state index is -0.0970. The number of nitrogens with one attached hydrogen (secondary N) is 1. The number of halogens is 1. The summed E-state index contributed by atoms with van der Waals surface area (Å²) in [4.78, 5) is 12.1. The van der Waals surface area contributed by atoms with Crippen molar-refractivity contribution in [2.45, 2.75) is 32.3 Å². The molecule has 1 aromatic rings. The number of aliphatic hydroxyl groups is 1. The zero-order chi connectivity index (χ0) is 19.8. The number of nitrogens with zero attached hydrogens (tertiary/aromatic N) is 4. The maximum atomic E-state index is 9.61. The lowest BCUT2D eigenvalue weighted by molar-refractivity contribution is 0.0824. The summed E-state index contributed by atoms with van der Waals surface area (Å²) in [7, 11) is 0. The number of hydrogen-bond donors (Lipinski definition) is 2. The Kier molecular flexibility index (Phi) is 8.25. The minimum absolute atomic E-state index is 0.0970. The highest BCUT2D eigenvalue weighted by Gasteiger charge is 2.20. The molecule has 0 atom stereocenters. The average molecular weight is 408 g/mol. The Labute approximate surface area is 174 Å². The van der Waals surface area contributed by atoms with Crippen molar-refractivity contribution in [3.05, 3.63) is 29.3 Å². The molecular weight excluding hydrogens is 374 g/mol. The topological polar surface area (TPSA) is 54.3 Å². The number of benzene rings is 1. The predicted octanol–water partition coefficient (Wildman–Crippen LogP) is 2.27. The summed E-state index contributed by atoms with van der Waals surface area (Å²) in [6, 6.07) is 8.10. The Morgan fingerprint density at radius 2 is 1.93 bits per heavy atom. The highest BCUT2D eigenvalue weighted by atomic mass is 35.5. The molecule has 0 bridgehead atoms. The van der Waals surface area contributed by atoms with Crippen LogP contribution in [0.25, 0.3) is 0 Å². The van der Waals surface area contributed by atoms with Crippen LogP contribution in [0.15, 0.2) is 29.3 Å². The molecule has 2 fully saturated rings. The van der Waals surface area contributed by atoms with Crippen LogP contribution in [0.4, 0.5) is 5.69 Å². The number of hydrogen-bond acceptors (Lipinski definition) is 4. The summed E-state index contributed by atoms with van der Waals surface area (Å²) in [6.45, 7) is 10.8. The van der Waals surface area contributed by atoms with Crippen LogP contribution in [0, 0.1) is 0 Å². The largest absolute Gasteiger partial charge is 0.393 e. The Bertz CT molecular complexity index is 625. The summed E-state index contributed by atoms with van der Waals surface area (Å²) in [5, 5.41) is 13.8. The van der Waals surface area contributed by atoms with E-state index >= 15 is 0 Å². The Morgan fingerprint density at radius 1 is 1.18 bits per heavy atom. The third kappa shape index (κ3) is 6.26. The van der Waals surface area contributed by atoms with Crippen molar-refractivity contribution in [1.82, 2.24) is 15.1 Å². The van der Waals surface area contributed by atoms with Gasteiger partial charge in [-0.25, -0.2) is 0 Å². The van der Waals surface area contributed by atoms with Gasteiger partial charge in [-0.2, -0.15) is 0 Å². The first-order chi connectivity index (χ1) is 13.7. The van der Waals surface area contributed by atoms with Crippen molar-refractivity contribution >= 4 is 23.2 Å². The number of likely N-dealkylation sites (tertiary alicyclic amines) is 1. The van der Waals surface area contributed by atoms with Gasteiger partial charge in [0.15, 0.2) is 5.96 Å². The van der Waals surface area contributed by atoms with E-state index in [4.69, 9.17) is 16.6 Å². The lowest BCUT2D eigenvalue weighted by atomic mass is 10.1. The molecule has 3 rings (SSSR count). The summed E-state index contributed by atoms with van der Waals surface area (Å²) in [6.07, 6.45) is 2.78. The third-order valence-electron chi connectivity index (χ3n) is 5.54. The normalized spacial score (nSPS) is 19.9. The first-order valence-corrected chi connectivity index (χ1v) is 11.0. The summed E-state index contributed by atoms with van der Waals surface area (Å²) < 4.78 is 0. The molecule has 2 aliphatic rings. The molecule has 0 radical (unpaired) electrons. The molecule has 2 heterocycles. The van der Waals surface area contributed by atoms with Crippen LogP contribution < -0.4 is 10.2 Å². The Hall–Kier alpha value is -1.50. The van der Waals surface area contributed by atoms with Crippen LogP contribution in [0.2, 0.25) is 5.02 Å². The fraction of sp³-hybridized carbons (Fsp3) is 0.667. The fourth-order valence-electron chi connectivity index (χ4n) is 3.90. The second-order valence-electron chi connectivity index (χ2n) is 7.62. The zero-order valence-corrected chi connectivity index (χ0v) is 17.7. The highest BCUT2D eigenvalue weighted by Crippen LogP contribution is 2.20. The lowest BCUT2D eigenvalue weighted by Gasteiger charge is -2.37. The maximum Gasteiger partial charge on any atom is 0.194 e. The lowest BCUT2D eigenvalue weighted by Crippen LogP contribution is -2.52. The van der Waals surface area contributed by atoms with Gasteiger partial charge in [0.25, 0.3) is 0 Å². The predicted molar refractivity (Wildman–Crippen MR) is 118 cm³/mol. The van der Waals surface area contributed by atoms with Gasteiger partial charge in [0.2, 0.25) is 0 Å². The van der Waals surface area contributed by atoms with Crippen molar-refractivity contribution in [1.29, 1.82) is 0 Å². The third-order valence-corrected chi connectivity index (χ3v) is 5.77. The number of aliphatic hydroxyl groups excluding tert-OH is 1. The van der Waals surface area contributed by atoms with E-state index in [9.17, 15) is 5.11 Å². The second-order valence-corrected chi connectivity index (χ2v) is 8.05. The van der Waals surface area contributed by atoms with Crippen LogP contribution in [0.5, 0.6) is 0 Å². The van der Waals surface area contributed by atoms with Gasteiger partial charge >= 0.3 is 0 Å². The molecular formula is C21H34ClN5O. The number of anilines is 1. The van der Waals surface area contributed by atoms with E-state index in [0.29, 0.717) is 0 Å². The number of piperidine rings is 1. The van der Waals surface area contributed by atoms with E-state index in [0.717, 1.165) is 89.1 Å². The molecule has 0 amide bonds. The second kappa shape index (κ2) is 10.9. The van der Waals surface area contributed by atoms with Crippen LogP contribution in [0.1, 0.15) is 26.2 Å². The van der Waals surface area contributed by atoms with Gasteiger partial charge in [-0.05, 0) is 50.9 Å². The van der Waals surface area contributed by atoms with Gasteiger partial charge in [0.1, 0.15) is 0 Å². The van der Waals surface area contributed by atoms with E-state index < -0.39 is 0 Å². The molecule has 0 aromatic heterocycles. The fourth-order valence-corrected chi connectivity index (χ4v) is 4.08. The first kappa shape index (κ1) is 21.2. The van der Waals surface area contributed by atoms with Crippen molar-refractivity contribution in [2.75, 3.05) is 63.8 Å². The first-order valence-electron chi connectivity index (χ1n) is 10.6. The van der Waals surface area contributed by atoms with E-state index in [1.54, 1.807) is 0 Å². The van der Waals surface area contributed by atoms with Crippen LogP contribution >= 0.6 is 11.6 Å². The van der Waals surface area contributed by atoms with Gasteiger partial charge in [-0.1, -0.05) is 17.7 Å². The van der Waals surface area contributed by atoms with Gasteiger partial charge in [0.05, 0.1) is 6.10 Å². The number of aliphatic imine (C=N–C) groups is 1. The van der Waals surface area contributed by atoms with Gasteiger partial charge in [-0.3, -0.25) is 4.99 Å². The van der Waals surface area contributed by atoms with Crippen molar-refractivity contribution in [3.63, 3.8) is 0 Å². The smallest absolute Gasteiger partial charge is 0.194 e. The number of rotatable bonds is 6. The van der Waals surface area contributed by atoms with E-state index in [2.05, 4.69) is 33.0 Å². The monoisotopic (exact) mass is 407 g/mol. The SMILES string of the molecule is CCNC(=NCCCN1CCC(O)CC1)N1CCN(c2cccc(Cl)c2)CC1. The van der Waals surface area contributed by atoms with Crippen LogP contribution in [-0.4, -0.2) is 85.9 Å². The molecule has 156 valence electrons. The average Bonchev–Trinajstić information content (AvgIpc) is 2.72. The Morgan fingerprint density at radius 3 is 2.61 bits per heavy atom. The minimum Gasteiger partial charge on any atom is -0.393 e. The molecule has 0 aliphatic carbocycles. The molecule has 6 nitrogen and oxygen atoms in total. The molecule has 7 heteroatoms. The molecule has 0 unspecified atom stereocenters. The number of piperazine rings is 1. The Balaban J connectivity index is 1.45. The van der Waals surface area contributed by atoms with Gasteiger partial charge in [-0.15, -0.1) is 0 Å². The van der Waals surface area contributed by atoms with Crippen molar-refractivity contribution in [3.8, 4) is 0 Å². The molecule has 0 saturated carbocycles.